The third-order valence-corrected chi connectivity index (χ3v) is 4.49. The number of benzene rings is 1. The molecule has 0 saturated carbocycles. The van der Waals surface area contributed by atoms with Crippen molar-refractivity contribution in [3.63, 3.8) is 0 Å². The second-order valence-corrected chi connectivity index (χ2v) is 6.05. The molecule has 2 aliphatic heterocycles. The average Bonchev–Trinajstić information content (AvgIpc) is 3.25. The first-order valence-corrected chi connectivity index (χ1v) is 8.26. The second kappa shape index (κ2) is 7.51. The summed E-state index contributed by atoms with van der Waals surface area (Å²) in [6.45, 7) is 0.879. The van der Waals surface area contributed by atoms with Crippen LogP contribution in [-0.2, 0) is 16.1 Å². The summed E-state index contributed by atoms with van der Waals surface area (Å²) in [6, 6.07) is 4.83. The van der Waals surface area contributed by atoms with E-state index in [2.05, 4.69) is 5.32 Å². The Morgan fingerprint density at radius 3 is 2.69 bits per heavy atom. The summed E-state index contributed by atoms with van der Waals surface area (Å²) < 4.78 is 15.2. The Labute approximate surface area is 150 Å². The van der Waals surface area contributed by atoms with Gasteiger partial charge in [0.1, 0.15) is 0 Å². The molecular weight excluding hydrogens is 342 g/mol. The van der Waals surface area contributed by atoms with Crippen LogP contribution in [0.15, 0.2) is 18.2 Å². The largest absolute Gasteiger partial charge is 0.493 e. The molecule has 3 rings (SSSR count). The van der Waals surface area contributed by atoms with Crippen molar-refractivity contribution in [2.24, 2.45) is 0 Å². The molecule has 0 aromatic heterocycles. The van der Waals surface area contributed by atoms with Crippen molar-refractivity contribution < 1.29 is 28.6 Å². The van der Waals surface area contributed by atoms with Gasteiger partial charge in [-0.15, -0.1) is 0 Å². The first kappa shape index (κ1) is 17.8. The van der Waals surface area contributed by atoms with Crippen LogP contribution in [0.5, 0.6) is 11.5 Å². The van der Waals surface area contributed by atoms with Gasteiger partial charge in [-0.2, -0.15) is 0 Å². The highest BCUT2D eigenvalue weighted by Crippen LogP contribution is 2.27. The van der Waals surface area contributed by atoms with E-state index in [0.717, 1.165) is 10.5 Å². The maximum absolute atomic E-state index is 12.4. The van der Waals surface area contributed by atoms with Crippen molar-refractivity contribution in [2.75, 3.05) is 33.9 Å². The SMILES string of the molecule is COc1ccc(CNC(=O)N2CCC(N3C(=O)COC3=O)C2)cc1OC. The first-order valence-electron chi connectivity index (χ1n) is 8.26. The third kappa shape index (κ3) is 3.51. The first-order chi connectivity index (χ1) is 12.5. The number of carbonyl (C=O) groups is 3. The van der Waals surface area contributed by atoms with E-state index in [0.29, 0.717) is 37.6 Å². The van der Waals surface area contributed by atoms with Crippen LogP contribution in [0, 0.1) is 0 Å². The van der Waals surface area contributed by atoms with Crippen LogP contribution in [-0.4, -0.2) is 67.8 Å². The molecule has 140 valence electrons. The topological polar surface area (TPSA) is 97.4 Å². The zero-order chi connectivity index (χ0) is 18.7. The molecule has 1 aromatic carbocycles. The standard InChI is InChI=1S/C17H21N3O6/c1-24-13-4-3-11(7-14(13)25-2)8-18-16(22)19-6-5-12(9-19)20-15(21)10-26-17(20)23/h3-4,7,12H,5-6,8-10H2,1-2H3,(H,18,22). The van der Waals surface area contributed by atoms with Crippen LogP contribution < -0.4 is 14.8 Å². The highest BCUT2D eigenvalue weighted by molar-refractivity contribution is 5.98. The van der Waals surface area contributed by atoms with E-state index < -0.39 is 6.09 Å². The number of hydrogen-bond donors (Lipinski definition) is 1. The lowest BCUT2D eigenvalue weighted by atomic mass is 10.2. The number of imide groups is 1. The molecule has 26 heavy (non-hydrogen) atoms. The highest BCUT2D eigenvalue weighted by atomic mass is 16.6. The van der Waals surface area contributed by atoms with E-state index in [-0.39, 0.29) is 24.6 Å². The molecule has 9 heteroatoms. The number of urea groups is 1. The minimum Gasteiger partial charge on any atom is -0.493 e. The molecule has 0 spiro atoms. The molecule has 1 N–H and O–H groups in total. The monoisotopic (exact) mass is 363 g/mol. The lowest BCUT2D eigenvalue weighted by molar-refractivity contribution is -0.127. The highest BCUT2D eigenvalue weighted by Gasteiger charge is 2.41. The lowest BCUT2D eigenvalue weighted by Crippen LogP contribution is -2.44. The molecule has 2 fully saturated rings. The van der Waals surface area contributed by atoms with Gasteiger partial charge in [0.15, 0.2) is 18.1 Å². The number of carbonyl (C=O) groups excluding carboxylic acids is 3. The van der Waals surface area contributed by atoms with Crippen LogP contribution >= 0.6 is 0 Å². The molecule has 0 aliphatic carbocycles. The van der Waals surface area contributed by atoms with Gasteiger partial charge in [0.05, 0.1) is 20.3 Å². The zero-order valence-electron chi connectivity index (χ0n) is 14.7. The van der Waals surface area contributed by atoms with Crippen molar-refractivity contribution in [2.45, 2.75) is 19.0 Å². The van der Waals surface area contributed by atoms with Gasteiger partial charge in [-0.25, -0.2) is 14.5 Å². The molecule has 2 aliphatic rings. The molecular formula is C17H21N3O6. The predicted molar refractivity (Wildman–Crippen MR) is 90.0 cm³/mol. The van der Waals surface area contributed by atoms with Crippen LogP contribution in [0.1, 0.15) is 12.0 Å². The number of nitrogens with zero attached hydrogens (tertiary/aromatic N) is 2. The minimum atomic E-state index is -0.632. The maximum atomic E-state index is 12.4. The van der Waals surface area contributed by atoms with Gasteiger partial charge in [-0.05, 0) is 24.1 Å². The molecule has 1 atom stereocenters. The summed E-state index contributed by atoms with van der Waals surface area (Å²) in [5.74, 6) is 0.853. The molecule has 2 heterocycles. The van der Waals surface area contributed by atoms with Crippen molar-refractivity contribution in [3.05, 3.63) is 23.8 Å². The van der Waals surface area contributed by atoms with Gasteiger partial charge in [-0.3, -0.25) is 4.79 Å². The average molecular weight is 363 g/mol. The van der Waals surface area contributed by atoms with E-state index in [4.69, 9.17) is 14.2 Å². The van der Waals surface area contributed by atoms with E-state index >= 15 is 0 Å². The van der Waals surface area contributed by atoms with Gasteiger partial charge >= 0.3 is 12.1 Å². The van der Waals surface area contributed by atoms with Gasteiger partial charge in [0, 0.05) is 19.6 Å². The van der Waals surface area contributed by atoms with Crippen LogP contribution in [0.3, 0.4) is 0 Å². The van der Waals surface area contributed by atoms with Crippen LogP contribution in [0.4, 0.5) is 9.59 Å². The van der Waals surface area contributed by atoms with Crippen molar-refractivity contribution in [3.8, 4) is 11.5 Å². The fourth-order valence-corrected chi connectivity index (χ4v) is 3.13. The van der Waals surface area contributed by atoms with Gasteiger partial charge in [0.2, 0.25) is 0 Å². The minimum absolute atomic E-state index is 0.221. The maximum Gasteiger partial charge on any atom is 0.417 e. The Kier molecular flexibility index (Phi) is 5.15. The summed E-state index contributed by atoms with van der Waals surface area (Å²) in [5, 5.41) is 2.83. The quantitative estimate of drug-likeness (QED) is 0.837. The Hall–Kier alpha value is -2.97. The molecule has 0 radical (unpaired) electrons. The molecule has 9 nitrogen and oxygen atoms in total. The summed E-state index contributed by atoms with van der Waals surface area (Å²) >= 11 is 0. The third-order valence-electron chi connectivity index (χ3n) is 4.49. The zero-order valence-corrected chi connectivity index (χ0v) is 14.7. The number of methoxy groups -OCH3 is 2. The number of cyclic esters (lactones) is 1. The Balaban J connectivity index is 1.54. The van der Waals surface area contributed by atoms with Crippen LogP contribution in [0.25, 0.3) is 0 Å². The molecule has 1 aromatic rings. The molecule has 4 amide bonds. The number of amides is 4. The normalized spacial score (nSPS) is 19.5. The number of ether oxygens (including phenoxy) is 3. The molecule has 0 bridgehead atoms. The second-order valence-electron chi connectivity index (χ2n) is 6.05. The van der Waals surface area contributed by atoms with E-state index in [1.165, 1.54) is 0 Å². The number of nitrogens with one attached hydrogen (secondary N) is 1. The Morgan fingerprint density at radius 1 is 1.27 bits per heavy atom. The van der Waals surface area contributed by atoms with Crippen molar-refractivity contribution in [1.82, 2.24) is 15.1 Å². The smallest absolute Gasteiger partial charge is 0.417 e. The van der Waals surface area contributed by atoms with Gasteiger partial charge in [-0.1, -0.05) is 6.07 Å². The predicted octanol–water partition coefficient (Wildman–Crippen LogP) is 0.966. The summed E-state index contributed by atoms with van der Waals surface area (Å²) in [6.07, 6.45) is -0.0856. The summed E-state index contributed by atoms with van der Waals surface area (Å²) in [5.41, 5.74) is 0.866. The van der Waals surface area contributed by atoms with Gasteiger partial charge in [0.25, 0.3) is 5.91 Å². The number of hydrogen-bond acceptors (Lipinski definition) is 6. The number of rotatable bonds is 5. The molecule has 1 unspecified atom stereocenters. The summed E-state index contributed by atoms with van der Waals surface area (Å²) in [4.78, 5) is 38.4. The van der Waals surface area contributed by atoms with E-state index in [9.17, 15) is 14.4 Å². The van der Waals surface area contributed by atoms with E-state index in [1.807, 2.05) is 6.07 Å². The van der Waals surface area contributed by atoms with Crippen LogP contribution in [0.2, 0.25) is 0 Å². The summed E-state index contributed by atoms with van der Waals surface area (Å²) in [7, 11) is 3.11. The molecule has 2 saturated heterocycles. The fourth-order valence-electron chi connectivity index (χ4n) is 3.13. The number of likely N-dealkylation sites (tertiary alicyclic amines) is 1. The Bertz CT molecular complexity index is 706. The van der Waals surface area contributed by atoms with E-state index in [1.54, 1.807) is 31.3 Å². The van der Waals surface area contributed by atoms with Gasteiger partial charge < -0.3 is 24.4 Å². The Morgan fingerprint density at radius 2 is 2.04 bits per heavy atom. The van der Waals surface area contributed by atoms with Crippen molar-refractivity contribution in [1.29, 1.82) is 0 Å². The lowest BCUT2D eigenvalue weighted by Gasteiger charge is -2.21. The fraction of sp³-hybridized carbons (Fsp3) is 0.471. The van der Waals surface area contributed by atoms with Crippen molar-refractivity contribution >= 4 is 18.0 Å².